The van der Waals surface area contributed by atoms with Crippen LogP contribution in [0.2, 0.25) is 0 Å². The van der Waals surface area contributed by atoms with Crippen molar-refractivity contribution in [3.05, 3.63) is 22.9 Å². The van der Waals surface area contributed by atoms with Gasteiger partial charge in [-0.1, -0.05) is 18.2 Å². The first-order valence-corrected chi connectivity index (χ1v) is 9.44. The molecule has 0 aromatic carbocycles. The average molecular weight is 362 g/mol. The van der Waals surface area contributed by atoms with Gasteiger partial charge < -0.3 is 9.47 Å². The molecule has 1 aromatic heterocycles. The summed E-state index contributed by atoms with van der Waals surface area (Å²) in [5, 5.41) is 9.76. The van der Waals surface area contributed by atoms with Crippen LogP contribution in [0.1, 0.15) is 60.6 Å². The van der Waals surface area contributed by atoms with E-state index in [1.807, 2.05) is 6.07 Å². The third kappa shape index (κ3) is 5.46. The highest BCUT2D eigenvalue weighted by Crippen LogP contribution is 2.26. The molecule has 1 aromatic rings. The molecule has 0 bridgehead atoms. The van der Waals surface area contributed by atoms with E-state index >= 15 is 0 Å². The molecular formula is C18H22N2O4S. The standard InChI is InChI=1S/C18H22N2O4S/c1-3-23-18(22)14-9-12(2)20-17(15(14)10-19)25-11-16(21)24-13-7-5-4-6-8-13/h9,13H,3-8,11H2,1-2H3. The summed E-state index contributed by atoms with van der Waals surface area (Å²) < 4.78 is 10.5. The molecule has 0 aliphatic heterocycles. The van der Waals surface area contributed by atoms with Crippen LogP contribution in [0.15, 0.2) is 11.1 Å². The second kappa shape index (κ2) is 9.42. The molecule has 1 fully saturated rings. The van der Waals surface area contributed by atoms with E-state index in [1.165, 1.54) is 12.5 Å². The monoisotopic (exact) mass is 362 g/mol. The van der Waals surface area contributed by atoms with Gasteiger partial charge in [0.05, 0.1) is 23.5 Å². The molecule has 0 saturated heterocycles. The molecule has 0 spiro atoms. The normalized spacial score (nSPS) is 14.6. The first-order chi connectivity index (χ1) is 12.0. The quantitative estimate of drug-likeness (QED) is 0.566. The largest absolute Gasteiger partial charge is 0.462 e. The van der Waals surface area contributed by atoms with E-state index in [4.69, 9.17) is 9.47 Å². The average Bonchev–Trinajstić information content (AvgIpc) is 2.60. The number of pyridine rings is 1. The molecule has 25 heavy (non-hydrogen) atoms. The lowest BCUT2D eigenvalue weighted by Crippen LogP contribution is -2.22. The molecule has 134 valence electrons. The second-order valence-corrected chi connectivity index (χ2v) is 6.83. The first-order valence-electron chi connectivity index (χ1n) is 8.46. The molecule has 0 radical (unpaired) electrons. The summed E-state index contributed by atoms with van der Waals surface area (Å²) in [4.78, 5) is 28.4. The van der Waals surface area contributed by atoms with Crippen LogP contribution in [0.5, 0.6) is 0 Å². The fourth-order valence-corrected chi connectivity index (χ4v) is 3.59. The highest BCUT2D eigenvalue weighted by atomic mass is 32.2. The van der Waals surface area contributed by atoms with Crippen molar-refractivity contribution in [2.75, 3.05) is 12.4 Å². The van der Waals surface area contributed by atoms with Crippen molar-refractivity contribution in [1.29, 1.82) is 5.26 Å². The van der Waals surface area contributed by atoms with Crippen molar-refractivity contribution in [3.8, 4) is 6.07 Å². The van der Waals surface area contributed by atoms with Crippen LogP contribution in [0.3, 0.4) is 0 Å². The Balaban J connectivity index is 2.06. The van der Waals surface area contributed by atoms with Crippen LogP contribution >= 0.6 is 11.8 Å². The third-order valence-electron chi connectivity index (χ3n) is 3.90. The number of nitrogens with zero attached hydrogens (tertiary/aromatic N) is 2. The number of ether oxygens (including phenoxy) is 2. The van der Waals surface area contributed by atoms with Gasteiger partial charge in [0.1, 0.15) is 17.2 Å². The Morgan fingerprint density at radius 3 is 2.72 bits per heavy atom. The lowest BCUT2D eigenvalue weighted by atomic mass is 9.98. The van der Waals surface area contributed by atoms with E-state index in [2.05, 4.69) is 4.98 Å². The summed E-state index contributed by atoms with van der Waals surface area (Å²) in [5.74, 6) is -0.817. The minimum Gasteiger partial charge on any atom is -0.462 e. The Bertz CT molecular complexity index is 678. The zero-order chi connectivity index (χ0) is 18.2. The minimum absolute atomic E-state index is 0.00199. The third-order valence-corrected chi connectivity index (χ3v) is 4.85. The molecule has 0 amide bonds. The minimum atomic E-state index is -0.559. The topological polar surface area (TPSA) is 89.3 Å². The number of aryl methyl sites for hydroxylation is 1. The van der Waals surface area contributed by atoms with Crippen molar-refractivity contribution in [1.82, 2.24) is 4.98 Å². The van der Waals surface area contributed by atoms with Crippen molar-refractivity contribution in [2.45, 2.75) is 57.1 Å². The number of carbonyl (C=O) groups excluding carboxylic acids is 2. The van der Waals surface area contributed by atoms with Gasteiger partial charge >= 0.3 is 11.9 Å². The Kier molecular flexibility index (Phi) is 7.26. The number of thioether (sulfide) groups is 1. The zero-order valence-electron chi connectivity index (χ0n) is 14.5. The predicted molar refractivity (Wildman–Crippen MR) is 93.3 cm³/mol. The van der Waals surface area contributed by atoms with E-state index in [0.29, 0.717) is 10.7 Å². The van der Waals surface area contributed by atoms with Crippen LogP contribution in [-0.4, -0.2) is 35.4 Å². The number of carbonyl (C=O) groups is 2. The summed E-state index contributed by atoms with van der Waals surface area (Å²) in [6, 6.07) is 3.53. The molecule has 0 unspecified atom stereocenters. The molecular weight excluding hydrogens is 340 g/mol. The van der Waals surface area contributed by atoms with Gasteiger partial charge in [-0.3, -0.25) is 4.79 Å². The Morgan fingerprint density at radius 2 is 2.08 bits per heavy atom. The number of hydrogen-bond donors (Lipinski definition) is 0. The highest BCUT2D eigenvalue weighted by Gasteiger charge is 2.21. The number of esters is 2. The fourth-order valence-electron chi connectivity index (χ4n) is 2.76. The van der Waals surface area contributed by atoms with Gasteiger partial charge in [-0.2, -0.15) is 5.26 Å². The van der Waals surface area contributed by atoms with Crippen LogP contribution < -0.4 is 0 Å². The molecule has 0 atom stereocenters. The SMILES string of the molecule is CCOC(=O)c1cc(C)nc(SCC(=O)OC2CCCCC2)c1C#N. The fraction of sp³-hybridized carbons (Fsp3) is 0.556. The number of rotatable bonds is 6. The number of aromatic nitrogens is 1. The van der Waals surface area contributed by atoms with E-state index < -0.39 is 5.97 Å². The highest BCUT2D eigenvalue weighted by molar-refractivity contribution is 7.99. The van der Waals surface area contributed by atoms with Crippen molar-refractivity contribution >= 4 is 23.7 Å². The van der Waals surface area contributed by atoms with Crippen molar-refractivity contribution < 1.29 is 19.1 Å². The first kappa shape index (κ1) is 19.3. The predicted octanol–water partition coefficient (Wildman–Crippen LogP) is 3.41. The summed E-state index contributed by atoms with van der Waals surface area (Å²) in [7, 11) is 0. The maximum Gasteiger partial charge on any atom is 0.339 e. The van der Waals surface area contributed by atoms with Gasteiger partial charge in [0.25, 0.3) is 0 Å². The van der Waals surface area contributed by atoms with E-state index in [1.54, 1.807) is 13.8 Å². The summed E-state index contributed by atoms with van der Waals surface area (Å²) in [6.07, 6.45) is 5.19. The van der Waals surface area contributed by atoms with E-state index in [9.17, 15) is 14.9 Å². The molecule has 2 rings (SSSR count). The van der Waals surface area contributed by atoms with Crippen LogP contribution in [0.4, 0.5) is 0 Å². The van der Waals surface area contributed by atoms with Gasteiger partial charge in [-0.25, -0.2) is 9.78 Å². The second-order valence-electron chi connectivity index (χ2n) is 5.86. The van der Waals surface area contributed by atoms with Crippen LogP contribution in [0.25, 0.3) is 0 Å². The van der Waals surface area contributed by atoms with Crippen molar-refractivity contribution in [2.24, 2.45) is 0 Å². The Morgan fingerprint density at radius 1 is 1.36 bits per heavy atom. The molecule has 7 heteroatoms. The molecule has 1 aliphatic carbocycles. The van der Waals surface area contributed by atoms with Crippen LogP contribution in [0, 0.1) is 18.3 Å². The van der Waals surface area contributed by atoms with E-state index in [0.717, 1.165) is 37.4 Å². The molecule has 1 heterocycles. The van der Waals surface area contributed by atoms with Gasteiger partial charge in [-0.15, -0.1) is 0 Å². The zero-order valence-corrected chi connectivity index (χ0v) is 15.4. The van der Waals surface area contributed by atoms with Crippen molar-refractivity contribution in [3.63, 3.8) is 0 Å². The molecule has 6 nitrogen and oxygen atoms in total. The lowest BCUT2D eigenvalue weighted by molar-refractivity contribution is -0.147. The van der Waals surface area contributed by atoms with Gasteiger partial charge in [0.15, 0.2) is 0 Å². The smallest absolute Gasteiger partial charge is 0.339 e. The molecule has 1 saturated carbocycles. The van der Waals surface area contributed by atoms with Crippen LogP contribution in [-0.2, 0) is 14.3 Å². The summed E-state index contributed by atoms with van der Waals surface area (Å²) >= 11 is 1.12. The number of hydrogen-bond acceptors (Lipinski definition) is 7. The maximum atomic E-state index is 12.0. The van der Waals surface area contributed by atoms with Gasteiger partial charge in [-0.05, 0) is 45.6 Å². The Hall–Kier alpha value is -2.07. The summed E-state index contributed by atoms with van der Waals surface area (Å²) in [5.41, 5.74) is 0.907. The summed E-state index contributed by atoms with van der Waals surface area (Å²) in [6.45, 7) is 3.66. The van der Waals surface area contributed by atoms with Gasteiger partial charge in [0, 0.05) is 5.69 Å². The maximum absolute atomic E-state index is 12.0. The Labute approximate surface area is 151 Å². The van der Waals surface area contributed by atoms with E-state index in [-0.39, 0.29) is 35.6 Å². The molecule has 0 N–H and O–H groups in total. The number of nitriles is 1. The molecule has 1 aliphatic rings. The lowest BCUT2D eigenvalue weighted by Gasteiger charge is -2.21. The van der Waals surface area contributed by atoms with Gasteiger partial charge in [0.2, 0.25) is 0 Å².